The SMILES string of the molecule is C/C(=N\NC(=O)CNc1ccccc1Cl)c1ccccc1O. The summed E-state index contributed by atoms with van der Waals surface area (Å²) in [6, 6.07) is 14.0. The van der Waals surface area contributed by atoms with Gasteiger partial charge in [0.05, 0.1) is 23.0 Å². The molecule has 0 saturated heterocycles. The second kappa shape index (κ2) is 7.47. The van der Waals surface area contributed by atoms with E-state index in [0.29, 0.717) is 22.0 Å². The molecule has 1 amide bonds. The fourth-order valence-corrected chi connectivity index (χ4v) is 2.01. The van der Waals surface area contributed by atoms with Crippen LogP contribution in [0.3, 0.4) is 0 Å². The van der Waals surface area contributed by atoms with Crippen molar-refractivity contribution in [3.05, 3.63) is 59.1 Å². The molecule has 0 heterocycles. The summed E-state index contributed by atoms with van der Waals surface area (Å²) >= 11 is 5.98. The normalized spacial score (nSPS) is 11.1. The first-order valence-electron chi connectivity index (χ1n) is 6.68. The van der Waals surface area contributed by atoms with E-state index in [4.69, 9.17) is 11.6 Å². The number of para-hydroxylation sites is 2. The maximum Gasteiger partial charge on any atom is 0.259 e. The summed E-state index contributed by atoms with van der Waals surface area (Å²) in [4.78, 5) is 11.8. The molecule has 0 radical (unpaired) electrons. The molecule has 0 unspecified atom stereocenters. The number of carbonyl (C=O) groups is 1. The smallest absolute Gasteiger partial charge is 0.259 e. The highest BCUT2D eigenvalue weighted by atomic mass is 35.5. The third kappa shape index (κ3) is 4.23. The zero-order chi connectivity index (χ0) is 15.9. The Labute approximate surface area is 133 Å². The van der Waals surface area contributed by atoms with Crippen molar-refractivity contribution in [2.24, 2.45) is 5.10 Å². The van der Waals surface area contributed by atoms with Crippen molar-refractivity contribution >= 4 is 28.9 Å². The van der Waals surface area contributed by atoms with E-state index in [1.165, 1.54) is 0 Å². The number of nitrogens with zero attached hydrogens (tertiary/aromatic N) is 1. The van der Waals surface area contributed by atoms with Crippen LogP contribution in [0, 0.1) is 0 Å². The molecule has 6 heteroatoms. The fraction of sp³-hybridized carbons (Fsp3) is 0.125. The Morgan fingerprint density at radius 1 is 1.18 bits per heavy atom. The molecule has 0 atom stereocenters. The van der Waals surface area contributed by atoms with Gasteiger partial charge in [-0.2, -0.15) is 5.10 Å². The van der Waals surface area contributed by atoms with Gasteiger partial charge in [-0.05, 0) is 31.2 Å². The molecule has 22 heavy (non-hydrogen) atoms. The average Bonchev–Trinajstić information content (AvgIpc) is 2.52. The number of phenolic OH excluding ortho intramolecular Hbond substituents is 1. The van der Waals surface area contributed by atoms with Gasteiger partial charge in [0.2, 0.25) is 0 Å². The first-order chi connectivity index (χ1) is 10.6. The molecule has 5 nitrogen and oxygen atoms in total. The molecule has 0 saturated carbocycles. The Bertz CT molecular complexity index is 701. The first kappa shape index (κ1) is 15.9. The van der Waals surface area contributed by atoms with Crippen LogP contribution in [0.5, 0.6) is 5.75 Å². The first-order valence-corrected chi connectivity index (χ1v) is 7.05. The van der Waals surface area contributed by atoms with Crippen LogP contribution < -0.4 is 10.7 Å². The van der Waals surface area contributed by atoms with Crippen LogP contribution in [0.15, 0.2) is 53.6 Å². The van der Waals surface area contributed by atoms with Crippen molar-refractivity contribution in [1.29, 1.82) is 0 Å². The lowest BCUT2D eigenvalue weighted by molar-refractivity contribution is -0.119. The molecule has 2 aromatic rings. The highest BCUT2D eigenvalue weighted by Crippen LogP contribution is 2.19. The number of hydrogen-bond acceptors (Lipinski definition) is 4. The molecule has 0 aliphatic rings. The van der Waals surface area contributed by atoms with Gasteiger partial charge in [0.1, 0.15) is 5.75 Å². The van der Waals surface area contributed by atoms with E-state index < -0.39 is 0 Å². The predicted molar refractivity (Wildman–Crippen MR) is 88.4 cm³/mol. The quantitative estimate of drug-likeness (QED) is 0.586. The molecular weight excluding hydrogens is 302 g/mol. The minimum Gasteiger partial charge on any atom is -0.507 e. The summed E-state index contributed by atoms with van der Waals surface area (Å²) in [7, 11) is 0. The third-order valence-corrected chi connectivity index (χ3v) is 3.28. The number of hydrazone groups is 1. The van der Waals surface area contributed by atoms with E-state index in [1.807, 2.05) is 12.1 Å². The van der Waals surface area contributed by atoms with Gasteiger partial charge >= 0.3 is 0 Å². The van der Waals surface area contributed by atoms with Gasteiger partial charge in [-0.15, -0.1) is 0 Å². The molecule has 0 bridgehead atoms. The zero-order valence-corrected chi connectivity index (χ0v) is 12.8. The Morgan fingerprint density at radius 3 is 2.59 bits per heavy atom. The summed E-state index contributed by atoms with van der Waals surface area (Å²) in [5.74, 6) is -0.193. The van der Waals surface area contributed by atoms with Crippen molar-refractivity contribution in [3.63, 3.8) is 0 Å². The van der Waals surface area contributed by atoms with Crippen LogP contribution >= 0.6 is 11.6 Å². The monoisotopic (exact) mass is 317 g/mol. The van der Waals surface area contributed by atoms with E-state index in [1.54, 1.807) is 43.3 Å². The van der Waals surface area contributed by atoms with Crippen LogP contribution in [0.25, 0.3) is 0 Å². The molecule has 3 N–H and O–H groups in total. The van der Waals surface area contributed by atoms with E-state index in [9.17, 15) is 9.90 Å². The molecule has 0 fully saturated rings. The topological polar surface area (TPSA) is 73.7 Å². The molecule has 2 aromatic carbocycles. The number of phenols is 1. The third-order valence-electron chi connectivity index (χ3n) is 2.96. The lowest BCUT2D eigenvalue weighted by Gasteiger charge is -2.08. The van der Waals surface area contributed by atoms with Gasteiger partial charge in [0.15, 0.2) is 0 Å². The van der Waals surface area contributed by atoms with E-state index in [-0.39, 0.29) is 18.2 Å². The largest absolute Gasteiger partial charge is 0.507 e. The Hall–Kier alpha value is -2.53. The summed E-state index contributed by atoms with van der Waals surface area (Å²) in [6.45, 7) is 1.75. The average molecular weight is 318 g/mol. The number of aromatic hydroxyl groups is 1. The van der Waals surface area contributed by atoms with Crippen molar-refractivity contribution < 1.29 is 9.90 Å². The number of carbonyl (C=O) groups excluding carboxylic acids is 1. The lowest BCUT2D eigenvalue weighted by atomic mass is 10.1. The number of amides is 1. The Morgan fingerprint density at radius 2 is 1.86 bits per heavy atom. The summed E-state index contributed by atoms with van der Waals surface area (Å²) in [5.41, 5.74) is 4.20. The molecule has 0 spiro atoms. The minimum atomic E-state index is -0.310. The molecule has 0 aromatic heterocycles. The molecule has 0 aliphatic carbocycles. The number of nitrogens with one attached hydrogen (secondary N) is 2. The van der Waals surface area contributed by atoms with Crippen LogP contribution in [0.2, 0.25) is 5.02 Å². The summed E-state index contributed by atoms with van der Waals surface area (Å²) in [6.07, 6.45) is 0. The van der Waals surface area contributed by atoms with Crippen molar-refractivity contribution in [1.82, 2.24) is 5.43 Å². The number of benzene rings is 2. The number of anilines is 1. The minimum absolute atomic E-state index is 0.0429. The standard InChI is InChI=1S/C16H16ClN3O2/c1-11(12-6-2-5-9-15(12)21)19-20-16(22)10-18-14-8-4-3-7-13(14)17/h2-9,18,21H,10H2,1H3,(H,20,22)/b19-11+. The van der Waals surface area contributed by atoms with Gasteiger partial charge in [0, 0.05) is 5.56 Å². The maximum atomic E-state index is 11.8. The maximum absolute atomic E-state index is 11.8. The fourth-order valence-electron chi connectivity index (χ4n) is 1.81. The van der Waals surface area contributed by atoms with Crippen LogP contribution in [0.1, 0.15) is 12.5 Å². The van der Waals surface area contributed by atoms with Crippen molar-refractivity contribution in [2.75, 3.05) is 11.9 Å². The van der Waals surface area contributed by atoms with Gasteiger partial charge in [0.25, 0.3) is 5.91 Å². The molecular formula is C16H16ClN3O2. The molecule has 2 rings (SSSR count). The Kier molecular flexibility index (Phi) is 5.38. The Balaban J connectivity index is 1.91. The molecule has 114 valence electrons. The number of rotatable bonds is 5. The molecule has 0 aliphatic heterocycles. The van der Waals surface area contributed by atoms with Crippen LogP contribution in [-0.4, -0.2) is 23.3 Å². The van der Waals surface area contributed by atoms with E-state index in [0.717, 1.165) is 0 Å². The van der Waals surface area contributed by atoms with Gasteiger partial charge in [-0.3, -0.25) is 4.79 Å². The second-order valence-electron chi connectivity index (χ2n) is 4.58. The van der Waals surface area contributed by atoms with Crippen LogP contribution in [0.4, 0.5) is 5.69 Å². The van der Waals surface area contributed by atoms with Crippen LogP contribution in [-0.2, 0) is 4.79 Å². The highest BCUT2D eigenvalue weighted by Gasteiger charge is 2.05. The van der Waals surface area contributed by atoms with Crippen molar-refractivity contribution in [2.45, 2.75) is 6.92 Å². The van der Waals surface area contributed by atoms with Crippen molar-refractivity contribution in [3.8, 4) is 5.75 Å². The predicted octanol–water partition coefficient (Wildman–Crippen LogP) is 3.00. The number of halogens is 1. The second-order valence-corrected chi connectivity index (χ2v) is 4.99. The van der Waals surface area contributed by atoms with Gasteiger partial charge < -0.3 is 10.4 Å². The summed E-state index contributed by atoms with van der Waals surface area (Å²) in [5, 5.41) is 17.2. The summed E-state index contributed by atoms with van der Waals surface area (Å²) < 4.78 is 0. The van der Waals surface area contributed by atoms with Gasteiger partial charge in [-0.25, -0.2) is 5.43 Å². The van der Waals surface area contributed by atoms with E-state index >= 15 is 0 Å². The number of hydrogen-bond donors (Lipinski definition) is 3. The lowest BCUT2D eigenvalue weighted by Crippen LogP contribution is -2.26. The van der Waals surface area contributed by atoms with E-state index in [2.05, 4.69) is 15.8 Å². The van der Waals surface area contributed by atoms with Gasteiger partial charge in [-0.1, -0.05) is 35.9 Å². The zero-order valence-electron chi connectivity index (χ0n) is 12.0. The highest BCUT2D eigenvalue weighted by molar-refractivity contribution is 6.33.